The Balaban J connectivity index is 3.00. The number of halogens is 1. The van der Waals surface area contributed by atoms with Gasteiger partial charge in [-0.2, -0.15) is 5.26 Å². The fourth-order valence-corrected chi connectivity index (χ4v) is 1.37. The summed E-state index contributed by atoms with van der Waals surface area (Å²) in [5, 5.41) is 7.95. The van der Waals surface area contributed by atoms with E-state index in [0.29, 0.717) is 5.92 Å². The first-order valence-corrected chi connectivity index (χ1v) is 5.34. The Morgan fingerprint density at radius 3 is 2.31 bits per heavy atom. The largest absolute Gasteiger partial charge is 0.275 e. The first-order valence-electron chi connectivity index (χ1n) is 4.96. The monoisotopic (exact) mass is 233 g/mol. The fraction of sp³-hybridized carbons (Fsp3) is 0.231. The fourth-order valence-electron chi connectivity index (χ4n) is 1.28. The average molecular weight is 234 g/mol. The highest BCUT2D eigenvalue weighted by Crippen LogP contribution is 2.16. The molecule has 82 valence electrons. The van der Waals surface area contributed by atoms with Crippen LogP contribution in [0.15, 0.2) is 29.8 Å². The molecular weight excluding hydrogens is 222 g/mol. The van der Waals surface area contributed by atoms with Crippen LogP contribution < -0.4 is 0 Å². The van der Waals surface area contributed by atoms with Gasteiger partial charge in [0.25, 0.3) is 5.24 Å². The second-order valence-corrected chi connectivity index (χ2v) is 4.11. The Labute approximate surface area is 100 Å². The van der Waals surface area contributed by atoms with Gasteiger partial charge in [0.05, 0.1) is 0 Å². The third-order valence-corrected chi connectivity index (χ3v) is 2.45. The zero-order valence-corrected chi connectivity index (χ0v) is 9.95. The first-order chi connectivity index (χ1) is 7.54. The van der Waals surface area contributed by atoms with Crippen LogP contribution in [0.1, 0.15) is 30.9 Å². The number of carbonyl (C=O) groups is 1. The van der Waals surface area contributed by atoms with Gasteiger partial charge in [-0.3, -0.25) is 4.79 Å². The van der Waals surface area contributed by atoms with E-state index in [1.54, 1.807) is 6.07 Å². The summed E-state index contributed by atoms with van der Waals surface area (Å²) in [5.41, 5.74) is 1.97. The van der Waals surface area contributed by atoms with Gasteiger partial charge in [-0.15, -0.1) is 0 Å². The normalized spacial score (nSPS) is 11.3. The van der Waals surface area contributed by atoms with Crippen LogP contribution in [0.25, 0.3) is 6.08 Å². The lowest BCUT2D eigenvalue weighted by atomic mass is 10.0. The molecule has 0 radical (unpaired) electrons. The molecule has 0 atom stereocenters. The van der Waals surface area contributed by atoms with E-state index >= 15 is 0 Å². The Kier molecular flexibility index (Phi) is 4.28. The number of rotatable bonds is 3. The standard InChI is InChI=1S/C13H12ClNO/c1-9(2)11-5-3-10(4-6-11)7-12(8-15)13(14)16/h3-7,9H,1-2H3/b12-7-. The molecule has 0 saturated heterocycles. The molecule has 0 aliphatic rings. The molecule has 1 aromatic rings. The summed E-state index contributed by atoms with van der Waals surface area (Å²) in [6, 6.07) is 9.45. The van der Waals surface area contributed by atoms with Crippen molar-refractivity contribution in [2.24, 2.45) is 0 Å². The lowest BCUT2D eigenvalue weighted by Gasteiger charge is -2.04. The van der Waals surface area contributed by atoms with Crippen LogP contribution in [0, 0.1) is 11.3 Å². The molecule has 0 aliphatic heterocycles. The van der Waals surface area contributed by atoms with Gasteiger partial charge in [-0.05, 0) is 34.7 Å². The van der Waals surface area contributed by atoms with Gasteiger partial charge in [0.15, 0.2) is 0 Å². The molecule has 0 N–H and O–H groups in total. The molecule has 0 heterocycles. The molecule has 0 spiro atoms. The van der Waals surface area contributed by atoms with Crippen molar-refractivity contribution in [1.29, 1.82) is 5.26 Å². The summed E-state index contributed by atoms with van der Waals surface area (Å²) in [5.74, 6) is 0.461. The van der Waals surface area contributed by atoms with E-state index < -0.39 is 5.24 Å². The zero-order valence-electron chi connectivity index (χ0n) is 9.20. The number of nitrogens with zero attached hydrogens (tertiary/aromatic N) is 1. The third-order valence-electron chi connectivity index (χ3n) is 2.25. The first kappa shape index (κ1) is 12.5. The number of allylic oxidation sites excluding steroid dienone is 1. The number of carbonyl (C=O) groups excluding carboxylic acids is 1. The molecule has 0 aromatic heterocycles. The van der Waals surface area contributed by atoms with Crippen molar-refractivity contribution in [2.75, 3.05) is 0 Å². The van der Waals surface area contributed by atoms with Gasteiger partial charge in [0, 0.05) is 0 Å². The molecule has 0 saturated carbocycles. The van der Waals surface area contributed by atoms with Crippen molar-refractivity contribution >= 4 is 22.9 Å². The average Bonchev–Trinajstić information content (AvgIpc) is 2.26. The topological polar surface area (TPSA) is 40.9 Å². The van der Waals surface area contributed by atoms with E-state index in [2.05, 4.69) is 13.8 Å². The van der Waals surface area contributed by atoms with Gasteiger partial charge in [-0.1, -0.05) is 38.1 Å². The number of hydrogen-bond donors (Lipinski definition) is 0. The van der Waals surface area contributed by atoms with E-state index in [1.165, 1.54) is 11.6 Å². The predicted octanol–water partition coefficient (Wildman–Crippen LogP) is 3.48. The lowest BCUT2D eigenvalue weighted by Crippen LogP contribution is -1.90. The van der Waals surface area contributed by atoms with Gasteiger partial charge >= 0.3 is 0 Å². The van der Waals surface area contributed by atoms with Gasteiger partial charge < -0.3 is 0 Å². The van der Waals surface area contributed by atoms with Crippen LogP contribution in [0.5, 0.6) is 0 Å². The van der Waals surface area contributed by atoms with Crippen LogP contribution in [-0.2, 0) is 4.79 Å². The Hall–Kier alpha value is -1.59. The maximum atomic E-state index is 10.8. The third kappa shape index (κ3) is 3.22. The minimum atomic E-state index is -0.726. The highest BCUT2D eigenvalue weighted by molar-refractivity contribution is 6.68. The van der Waals surface area contributed by atoms with Crippen molar-refractivity contribution in [1.82, 2.24) is 0 Å². The molecule has 3 heteroatoms. The Morgan fingerprint density at radius 2 is 1.94 bits per heavy atom. The van der Waals surface area contributed by atoms with Crippen molar-refractivity contribution in [2.45, 2.75) is 19.8 Å². The summed E-state index contributed by atoms with van der Waals surface area (Å²) in [6.07, 6.45) is 1.49. The van der Waals surface area contributed by atoms with E-state index in [1.807, 2.05) is 24.3 Å². The molecule has 0 fully saturated rings. The molecular formula is C13H12ClNO. The smallest absolute Gasteiger partial charge is 0.262 e. The van der Waals surface area contributed by atoms with Crippen LogP contribution in [0.3, 0.4) is 0 Å². The van der Waals surface area contributed by atoms with Gasteiger partial charge in [0.1, 0.15) is 11.6 Å². The second kappa shape index (κ2) is 5.48. The van der Waals surface area contributed by atoms with E-state index in [0.717, 1.165) is 5.56 Å². The summed E-state index contributed by atoms with van der Waals surface area (Å²) in [4.78, 5) is 10.8. The number of benzene rings is 1. The molecule has 0 amide bonds. The highest BCUT2D eigenvalue weighted by Gasteiger charge is 2.04. The number of hydrogen-bond acceptors (Lipinski definition) is 2. The molecule has 16 heavy (non-hydrogen) atoms. The maximum absolute atomic E-state index is 10.8. The van der Waals surface area contributed by atoms with Crippen LogP contribution >= 0.6 is 11.6 Å². The lowest BCUT2D eigenvalue weighted by molar-refractivity contribution is -0.108. The Bertz CT molecular complexity index is 452. The maximum Gasteiger partial charge on any atom is 0.262 e. The highest BCUT2D eigenvalue weighted by atomic mass is 35.5. The summed E-state index contributed by atoms with van der Waals surface area (Å²) in [7, 11) is 0. The number of nitriles is 1. The van der Waals surface area contributed by atoms with Crippen molar-refractivity contribution in [3.8, 4) is 6.07 Å². The minimum absolute atomic E-state index is 0.0426. The van der Waals surface area contributed by atoms with Crippen LogP contribution in [0.4, 0.5) is 0 Å². The minimum Gasteiger partial charge on any atom is -0.275 e. The molecule has 1 rings (SSSR count). The van der Waals surface area contributed by atoms with E-state index in [-0.39, 0.29) is 5.57 Å². The van der Waals surface area contributed by atoms with Crippen molar-refractivity contribution in [3.05, 3.63) is 41.0 Å². The van der Waals surface area contributed by atoms with Crippen molar-refractivity contribution in [3.63, 3.8) is 0 Å². The molecule has 0 aliphatic carbocycles. The summed E-state index contributed by atoms with van der Waals surface area (Å²) < 4.78 is 0. The van der Waals surface area contributed by atoms with Crippen LogP contribution in [0.2, 0.25) is 0 Å². The molecule has 0 unspecified atom stereocenters. The van der Waals surface area contributed by atoms with Crippen molar-refractivity contribution < 1.29 is 4.79 Å². The summed E-state index contributed by atoms with van der Waals surface area (Å²) >= 11 is 5.25. The van der Waals surface area contributed by atoms with E-state index in [9.17, 15) is 4.79 Å². The quantitative estimate of drug-likeness (QED) is 0.456. The molecule has 0 bridgehead atoms. The van der Waals surface area contributed by atoms with Crippen LogP contribution in [-0.4, -0.2) is 5.24 Å². The van der Waals surface area contributed by atoms with Gasteiger partial charge in [-0.25, -0.2) is 0 Å². The van der Waals surface area contributed by atoms with E-state index in [4.69, 9.17) is 16.9 Å². The Morgan fingerprint density at radius 1 is 1.38 bits per heavy atom. The second-order valence-electron chi connectivity index (χ2n) is 3.76. The van der Waals surface area contributed by atoms with Gasteiger partial charge in [0.2, 0.25) is 0 Å². The SMILES string of the molecule is CC(C)c1ccc(/C=C(/C#N)C(=O)Cl)cc1. The summed E-state index contributed by atoms with van der Waals surface area (Å²) in [6.45, 7) is 4.21. The molecule has 2 nitrogen and oxygen atoms in total. The predicted molar refractivity (Wildman–Crippen MR) is 65.0 cm³/mol. The molecule has 1 aromatic carbocycles. The zero-order chi connectivity index (χ0) is 12.1.